The van der Waals surface area contributed by atoms with E-state index >= 15 is 0 Å². The number of nitrogens with zero attached hydrogens (tertiary/aromatic N) is 4. The fourth-order valence-corrected chi connectivity index (χ4v) is 4.10. The number of hydrogen-bond donors (Lipinski definition) is 1. The van der Waals surface area contributed by atoms with E-state index in [2.05, 4.69) is 15.2 Å². The molecule has 178 valence electrons. The Bertz CT molecular complexity index is 1430. The molecule has 5 rings (SSSR count). The first-order valence-corrected chi connectivity index (χ1v) is 10.2. The zero-order valence-corrected chi connectivity index (χ0v) is 18.4. The maximum atomic E-state index is 13.3. The molecule has 8 nitrogen and oxygen atoms in total. The zero-order chi connectivity index (χ0) is 23.2. The molecule has 1 aromatic carbocycles. The molecule has 1 aliphatic rings. The number of carbonyl (C=O) groups is 1. The minimum absolute atomic E-state index is 0. The molecule has 1 saturated heterocycles. The van der Waals surface area contributed by atoms with E-state index in [1.54, 1.807) is 29.2 Å². The largest absolute Gasteiger partial charge is 0.406 e. The van der Waals surface area contributed by atoms with E-state index in [9.17, 15) is 22.8 Å². The van der Waals surface area contributed by atoms with Crippen LogP contribution in [0.25, 0.3) is 32.9 Å². The van der Waals surface area contributed by atoms with Crippen molar-refractivity contribution in [2.75, 3.05) is 26.3 Å². The fourth-order valence-electron chi connectivity index (χ4n) is 4.10. The third-order valence-corrected chi connectivity index (χ3v) is 5.63. The van der Waals surface area contributed by atoms with Crippen molar-refractivity contribution >= 4 is 40.1 Å². The quantitative estimate of drug-likeness (QED) is 0.472. The molecule has 1 aliphatic heterocycles. The minimum Gasteiger partial charge on any atom is -0.378 e. The highest BCUT2D eigenvalue weighted by molar-refractivity contribution is 6.05. The first-order chi connectivity index (χ1) is 15.8. The maximum absolute atomic E-state index is 13.3. The van der Waals surface area contributed by atoms with Crippen LogP contribution in [0.2, 0.25) is 0 Å². The summed E-state index contributed by atoms with van der Waals surface area (Å²) in [5.41, 5.74) is 0.770. The molecule has 3 aromatic heterocycles. The molecule has 1 N–H and O–H groups in total. The summed E-state index contributed by atoms with van der Waals surface area (Å²) in [4.78, 5) is 31.8. The Labute approximate surface area is 196 Å². The summed E-state index contributed by atoms with van der Waals surface area (Å²) in [7, 11) is 0. The molecule has 34 heavy (non-hydrogen) atoms. The Hall–Kier alpha value is -3.44. The first kappa shape index (κ1) is 23.7. The SMILES string of the molecule is Cl.O=C(c1ncccc1-c1ccc2c3[nH]ncc3c(=O)n(CC(F)(F)F)c2c1)N1CCOCC1. The minimum atomic E-state index is -4.60. The van der Waals surface area contributed by atoms with E-state index in [-0.39, 0.29) is 34.9 Å². The van der Waals surface area contributed by atoms with Crippen LogP contribution in [0.4, 0.5) is 13.2 Å². The van der Waals surface area contributed by atoms with Crippen LogP contribution in [0.15, 0.2) is 47.5 Å². The number of hydrogen-bond acceptors (Lipinski definition) is 5. The lowest BCUT2D eigenvalue weighted by Crippen LogP contribution is -2.41. The molecule has 0 bridgehead atoms. The Morgan fingerprint density at radius 2 is 1.91 bits per heavy atom. The van der Waals surface area contributed by atoms with Gasteiger partial charge in [0, 0.05) is 30.2 Å². The van der Waals surface area contributed by atoms with Crippen LogP contribution in [0.1, 0.15) is 10.5 Å². The van der Waals surface area contributed by atoms with E-state index in [1.807, 2.05) is 0 Å². The summed E-state index contributed by atoms with van der Waals surface area (Å²) in [6, 6.07) is 8.13. The number of pyridine rings is 2. The average Bonchev–Trinajstić information content (AvgIpc) is 3.31. The van der Waals surface area contributed by atoms with E-state index in [1.165, 1.54) is 18.5 Å². The Morgan fingerprint density at radius 3 is 2.65 bits per heavy atom. The predicted octanol–water partition coefficient (Wildman–Crippen LogP) is 3.40. The van der Waals surface area contributed by atoms with Gasteiger partial charge in [0.2, 0.25) is 0 Å². The number of alkyl halides is 3. The molecular weight excluding hydrogens is 475 g/mol. The van der Waals surface area contributed by atoms with Gasteiger partial charge >= 0.3 is 6.18 Å². The molecule has 4 heterocycles. The molecule has 0 saturated carbocycles. The van der Waals surface area contributed by atoms with E-state index in [0.29, 0.717) is 52.9 Å². The number of morpholine rings is 1. The van der Waals surface area contributed by atoms with Crippen LogP contribution in [-0.4, -0.2) is 63.0 Å². The predicted molar refractivity (Wildman–Crippen MR) is 121 cm³/mol. The lowest BCUT2D eigenvalue weighted by molar-refractivity contribution is -0.140. The molecule has 12 heteroatoms. The maximum Gasteiger partial charge on any atom is 0.406 e. The summed E-state index contributed by atoms with van der Waals surface area (Å²) in [6.45, 7) is 0.256. The van der Waals surface area contributed by atoms with Crippen molar-refractivity contribution in [1.82, 2.24) is 24.6 Å². The van der Waals surface area contributed by atoms with E-state index in [4.69, 9.17) is 4.74 Å². The number of halogens is 4. The topological polar surface area (TPSA) is 93.1 Å². The van der Waals surface area contributed by atoms with E-state index < -0.39 is 18.3 Å². The highest BCUT2D eigenvalue weighted by atomic mass is 35.5. The van der Waals surface area contributed by atoms with Crippen LogP contribution in [0.3, 0.4) is 0 Å². The number of fused-ring (bicyclic) bond motifs is 3. The molecule has 0 spiro atoms. The molecule has 0 atom stereocenters. The molecule has 1 fully saturated rings. The van der Waals surface area contributed by atoms with Crippen molar-refractivity contribution in [3.05, 3.63) is 58.8 Å². The molecule has 0 radical (unpaired) electrons. The normalized spacial score (nSPS) is 14.4. The van der Waals surface area contributed by atoms with Gasteiger partial charge in [-0.25, -0.2) is 0 Å². The van der Waals surface area contributed by atoms with Crippen molar-refractivity contribution in [3.8, 4) is 11.1 Å². The van der Waals surface area contributed by atoms with Crippen molar-refractivity contribution < 1.29 is 22.7 Å². The molecule has 1 amide bonds. The zero-order valence-electron chi connectivity index (χ0n) is 17.6. The summed E-state index contributed by atoms with van der Waals surface area (Å²) >= 11 is 0. The van der Waals surface area contributed by atoms with Crippen molar-refractivity contribution in [2.24, 2.45) is 0 Å². The molecule has 0 aliphatic carbocycles. The van der Waals surface area contributed by atoms with Crippen LogP contribution >= 0.6 is 12.4 Å². The number of aromatic amines is 1. The number of H-pyrrole nitrogens is 1. The van der Waals surface area contributed by atoms with Crippen molar-refractivity contribution in [3.63, 3.8) is 0 Å². The lowest BCUT2D eigenvalue weighted by Gasteiger charge is -2.27. The summed E-state index contributed by atoms with van der Waals surface area (Å²) in [5, 5.41) is 7.02. The van der Waals surface area contributed by atoms with Gasteiger partial charge in [0.15, 0.2) is 0 Å². The van der Waals surface area contributed by atoms with E-state index in [0.717, 1.165) is 0 Å². The fraction of sp³-hybridized carbons (Fsp3) is 0.273. The van der Waals surface area contributed by atoms with Gasteiger partial charge in [0.1, 0.15) is 12.2 Å². The molecular formula is C22H19ClF3N5O3. The molecule has 4 aromatic rings. The third-order valence-electron chi connectivity index (χ3n) is 5.63. The third kappa shape index (κ3) is 4.24. The average molecular weight is 494 g/mol. The highest BCUT2D eigenvalue weighted by Gasteiger charge is 2.30. The van der Waals surface area contributed by atoms with Gasteiger partial charge in [0.25, 0.3) is 11.5 Å². The Balaban J connectivity index is 0.00000274. The van der Waals surface area contributed by atoms with Gasteiger partial charge in [-0.05, 0) is 17.7 Å². The van der Waals surface area contributed by atoms with Gasteiger partial charge in [-0.1, -0.05) is 18.2 Å². The van der Waals surface area contributed by atoms with Crippen LogP contribution < -0.4 is 5.56 Å². The number of nitrogens with one attached hydrogen (secondary N) is 1. The van der Waals surface area contributed by atoms with Gasteiger partial charge in [-0.15, -0.1) is 12.4 Å². The second kappa shape index (κ2) is 9.07. The number of rotatable bonds is 3. The van der Waals surface area contributed by atoms with Crippen LogP contribution in [0.5, 0.6) is 0 Å². The first-order valence-electron chi connectivity index (χ1n) is 10.2. The number of amides is 1. The second-order valence-electron chi connectivity index (χ2n) is 7.70. The number of carbonyl (C=O) groups excluding carboxylic acids is 1. The second-order valence-corrected chi connectivity index (χ2v) is 7.70. The Kier molecular flexibility index (Phi) is 6.32. The standard InChI is InChI=1S/C22H18F3N5O3.ClH/c23-22(24,25)12-30-17-10-13(3-4-15(17)18-16(20(30)31)11-27-28-18)14-2-1-5-26-19(14)21(32)29-6-8-33-9-7-29;/h1-5,10-11H,6-9,12H2,(H,27,28);1H. The van der Waals surface area contributed by atoms with Crippen LogP contribution in [0, 0.1) is 0 Å². The smallest absolute Gasteiger partial charge is 0.378 e. The van der Waals surface area contributed by atoms with Gasteiger partial charge in [0.05, 0.1) is 35.8 Å². The summed E-state index contributed by atoms with van der Waals surface area (Å²) in [5.74, 6) is -0.286. The number of benzene rings is 1. The van der Waals surface area contributed by atoms with Crippen molar-refractivity contribution in [2.45, 2.75) is 12.7 Å². The molecule has 0 unspecified atom stereocenters. The number of aromatic nitrogens is 4. The van der Waals surface area contributed by atoms with Crippen LogP contribution in [-0.2, 0) is 11.3 Å². The van der Waals surface area contributed by atoms with Gasteiger partial charge < -0.3 is 9.64 Å². The van der Waals surface area contributed by atoms with Crippen molar-refractivity contribution in [1.29, 1.82) is 0 Å². The highest BCUT2D eigenvalue weighted by Crippen LogP contribution is 2.30. The summed E-state index contributed by atoms with van der Waals surface area (Å²) in [6.07, 6.45) is -1.89. The number of ether oxygens (including phenoxy) is 1. The Morgan fingerprint density at radius 1 is 1.15 bits per heavy atom. The summed E-state index contributed by atoms with van der Waals surface area (Å²) < 4.78 is 45.9. The van der Waals surface area contributed by atoms with Gasteiger partial charge in [-0.3, -0.25) is 24.2 Å². The monoisotopic (exact) mass is 493 g/mol. The lowest BCUT2D eigenvalue weighted by atomic mass is 10.0. The van der Waals surface area contributed by atoms with Gasteiger partial charge in [-0.2, -0.15) is 18.3 Å².